The van der Waals surface area contributed by atoms with E-state index in [2.05, 4.69) is 27.5 Å². The van der Waals surface area contributed by atoms with Crippen molar-refractivity contribution in [1.29, 1.82) is 0 Å². The number of rotatable bonds is 7. The topological polar surface area (TPSA) is 79.0 Å². The van der Waals surface area contributed by atoms with E-state index in [0.717, 1.165) is 50.5 Å². The Labute approximate surface area is 210 Å². The highest BCUT2D eigenvalue weighted by molar-refractivity contribution is 6.06. The standard InChI is InChI=1S/C30H28N4O2/c1-19-10-4-5-11-22(19)30(35)33-21-15-16-24-23(18-21)28(20(2)32-24)29(26-13-8-9-17-31-26)34-25-12-6-7-14-27(25)36-3/h4-18,29,32,34H,1-3H3,(H,33,35)/t29-/m1/s1. The van der Waals surface area contributed by atoms with Crippen LogP contribution in [0.25, 0.3) is 10.9 Å². The summed E-state index contributed by atoms with van der Waals surface area (Å²) in [6.07, 6.45) is 1.80. The minimum absolute atomic E-state index is 0.130. The second-order valence-corrected chi connectivity index (χ2v) is 8.73. The number of ether oxygens (including phenoxy) is 1. The molecule has 0 spiro atoms. The molecule has 3 N–H and O–H groups in total. The van der Waals surface area contributed by atoms with Crippen LogP contribution in [0.1, 0.15) is 38.9 Å². The lowest BCUT2D eigenvalue weighted by molar-refractivity contribution is 0.102. The Morgan fingerprint density at radius 3 is 2.50 bits per heavy atom. The van der Waals surface area contributed by atoms with Crippen LogP contribution < -0.4 is 15.4 Å². The minimum atomic E-state index is -0.251. The monoisotopic (exact) mass is 476 g/mol. The Balaban J connectivity index is 1.58. The van der Waals surface area contributed by atoms with Gasteiger partial charge in [0.25, 0.3) is 5.91 Å². The molecule has 0 bridgehead atoms. The molecular weight excluding hydrogens is 448 g/mol. The van der Waals surface area contributed by atoms with Crippen LogP contribution in [0.15, 0.2) is 91.1 Å². The van der Waals surface area contributed by atoms with Crippen molar-refractivity contribution in [2.24, 2.45) is 0 Å². The zero-order valence-corrected chi connectivity index (χ0v) is 20.5. The van der Waals surface area contributed by atoms with Crippen molar-refractivity contribution in [2.75, 3.05) is 17.7 Å². The average molecular weight is 477 g/mol. The minimum Gasteiger partial charge on any atom is -0.495 e. The van der Waals surface area contributed by atoms with E-state index < -0.39 is 0 Å². The Morgan fingerprint density at radius 1 is 0.944 bits per heavy atom. The Morgan fingerprint density at radius 2 is 1.72 bits per heavy atom. The molecule has 1 atom stereocenters. The van der Waals surface area contributed by atoms with Gasteiger partial charge in [0, 0.05) is 39.6 Å². The highest BCUT2D eigenvalue weighted by atomic mass is 16.5. The molecule has 1 amide bonds. The third-order valence-corrected chi connectivity index (χ3v) is 6.36. The highest BCUT2D eigenvalue weighted by Gasteiger charge is 2.23. The molecule has 6 nitrogen and oxygen atoms in total. The first-order valence-corrected chi connectivity index (χ1v) is 11.8. The number of para-hydroxylation sites is 2. The summed E-state index contributed by atoms with van der Waals surface area (Å²) in [5.41, 5.74) is 7.13. The van der Waals surface area contributed by atoms with Crippen molar-refractivity contribution in [3.63, 3.8) is 0 Å². The third kappa shape index (κ3) is 4.53. The first-order valence-electron chi connectivity index (χ1n) is 11.8. The summed E-state index contributed by atoms with van der Waals surface area (Å²) < 4.78 is 5.59. The van der Waals surface area contributed by atoms with Gasteiger partial charge in [-0.05, 0) is 67.9 Å². The molecule has 0 fully saturated rings. The molecule has 0 aliphatic rings. The van der Waals surface area contributed by atoms with Crippen LogP contribution in [0.5, 0.6) is 5.75 Å². The number of hydrogen-bond donors (Lipinski definition) is 3. The molecule has 0 aliphatic carbocycles. The van der Waals surface area contributed by atoms with Gasteiger partial charge in [-0.1, -0.05) is 36.4 Å². The SMILES string of the molecule is COc1ccccc1N[C@H](c1ccccn1)c1c(C)[nH]c2ccc(NC(=O)c3ccccc3C)cc12. The Bertz CT molecular complexity index is 1530. The molecule has 5 rings (SSSR count). The summed E-state index contributed by atoms with van der Waals surface area (Å²) in [4.78, 5) is 21.1. The number of aromatic amines is 1. The van der Waals surface area contributed by atoms with Gasteiger partial charge in [-0.3, -0.25) is 9.78 Å². The van der Waals surface area contributed by atoms with Gasteiger partial charge in [0.2, 0.25) is 0 Å². The zero-order chi connectivity index (χ0) is 25.1. The van der Waals surface area contributed by atoms with Crippen LogP contribution in [0, 0.1) is 13.8 Å². The number of anilines is 2. The number of aryl methyl sites for hydroxylation is 2. The van der Waals surface area contributed by atoms with Crippen molar-refractivity contribution in [1.82, 2.24) is 9.97 Å². The molecule has 6 heteroatoms. The van der Waals surface area contributed by atoms with E-state index in [9.17, 15) is 4.79 Å². The summed E-state index contributed by atoms with van der Waals surface area (Å²) in [6.45, 7) is 3.99. The van der Waals surface area contributed by atoms with Gasteiger partial charge in [-0.2, -0.15) is 0 Å². The number of pyridine rings is 1. The summed E-state index contributed by atoms with van der Waals surface area (Å²) >= 11 is 0. The normalized spacial score (nSPS) is 11.8. The number of carbonyl (C=O) groups excluding carboxylic acids is 1. The largest absolute Gasteiger partial charge is 0.495 e. The van der Waals surface area contributed by atoms with E-state index in [1.807, 2.05) is 91.9 Å². The Kier molecular flexibility index (Phi) is 6.41. The van der Waals surface area contributed by atoms with Crippen molar-refractivity contribution in [2.45, 2.75) is 19.9 Å². The van der Waals surface area contributed by atoms with Crippen LogP contribution >= 0.6 is 0 Å². The molecule has 0 radical (unpaired) electrons. The number of amides is 1. The van der Waals surface area contributed by atoms with E-state index >= 15 is 0 Å². The van der Waals surface area contributed by atoms with Gasteiger partial charge >= 0.3 is 0 Å². The number of nitrogens with one attached hydrogen (secondary N) is 3. The number of aromatic nitrogens is 2. The van der Waals surface area contributed by atoms with Crippen molar-refractivity contribution in [3.05, 3.63) is 119 Å². The third-order valence-electron chi connectivity index (χ3n) is 6.36. The van der Waals surface area contributed by atoms with Crippen LogP contribution in [-0.4, -0.2) is 23.0 Å². The lowest BCUT2D eigenvalue weighted by atomic mass is 9.98. The molecule has 2 heterocycles. The summed E-state index contributed by atoms with van der Waals surface area (Å²) in [7, 11) is 1.66. The first-order chi connectivity index (χ1) is 17.5. The number of hydrogen-bond acceptors (Lipinski definition) is 4. The number of benzene rings is 3. The summed E-state index contributed by atoms with van der Waals surface area (Å²) in [6, 6.07) is 27.0. The first kappa shape index (κ1) is 23.2. The maximum Gasteiger partial charge on any atom is 0.255 e. The van der Waals surface area contributed by atoms with E-state index in [0.29, 0.717) is 5.56 Å². The second kappa shape index (κ2) is 9.96. The number of carbonyl (C=O) groups is 1. The van der Waals surface area contributed by atoms with Crippen LogP contribution in [0.2, 0.25) is 0 Å². The predicted octanol–water partition coefficient (Wildman–Crippen LogP) is 6.64. The molecule has 180 valence electrons. The molecule has 36 heavy (non-hydrogen) atoms. The van der Waals surface area contributed by atoms with E-state index in [1.54, 1.807) is 13.3 Å². The predicted molar refractivity (Wildman–Crippen MR) is 145 cm³/mol. The Hall–Kier alpha value is -4.58. The molecule has 0 unspecified atom stereocenters. The van der Waals surface area contributed by atoms with E-state index in [1.165, 1.54) is 0 Å². The molecule has 0 saturated heterocycles. The van der Waals surface area contributed by atoms with Crippen LogP contribution in [-0.2, 0) is 0 Å². The molecular formula is C30H28N4O2. The highest BCUT2D eigenvalue weighted by Crippen LogP contribution is 2.37. The average Bonchev–Trinajstić information content (AvgIpc) is 3.23. The van der Waals surface area contributed by atoms with Gasteiger partial charge in [-0.15, -0.1) is 0 Å². The molecule has 2 aromatic heterocycles. The van der Waals surface area contributed by atoms with Crippen molar-refractivity contribution < 1.29 is 9.53 Å². The fourth-order valence-electron chi connectivity index (χ4n) is 4.58. The van der Waals surface area contributed by atoms with Gasteiger partial charge < -0.3 is 20.4 Å². The number of H-pyrrole nitrogens is 1. The summed E-state index contributed by atoms with van der Waals surface area (Å²) in [5, 5.41) is 7.72. The van der Waals surface area contributed by atoms with E-state index in [4.69, 9.17) is 4.74 Å². The smallest absolute Gasteiger partial charge is 0.255 e. The van der Waals surface area contributed by atoms with Gasteiger partial charge in [0.1, 0.15) is 5.75 Å². The van der Waals surface area contributed by atoms with Gasteiger partial charge in [0.15, 0.2) is 0 Å². The van der Waals surface area contributed by atoms with Crippen LogP contribution in [0.3, 0.4) is 0 Å². The molecule has 0 saturated carbocycles. The van der Waals surface area contributed by atoms with Gasteiger partial charge in [-0.25, -0.2) is 0 Å². The molecule has 5 aromatic rings. The quantitative estimate of drug-likeness (QED) is 0.246. The molecule has 0 aliphatic heterocycles. The van der Waals surface area contributed by atoms with Gasteiger partial charge in [0.05, 0.1) is 24.5 Å². The number of nitrogens with zero attached hydrogens (tertiary/aromatic N) is 1. The second-order valence-electron chi connectivity index (χ2n) is 8.73. The van der Waals surface area contributed by atoms with E-state index in [-0.39, 0.29) is 11.9 Å². The lowest BCUT2D eigenvalue weighted by Crippen LogP contribution is -2.15. The summed E-state index contributed by atoms with van der Waals surface area (Å²) in [5.74, 6) is 0.622. The lowest BCUT2D eigenvalue weighted by Gasteiger charge is -2.22. The fraction of sp³-hybridized carbons (Fsp3) is 0.133. The zero-order valence-electron chi connectivity index (χ0n) is 20.5. The molecule has 3 aromatic carbocycles. The number of fused-ring (bicyclic) bond motifs is 1. The maximum absolute atomic E-state index is 13.0. The van der Waals surface area contributed by atoms with Crippen molar-refractivity contribution >= 4 is 28.2 Å². The van der Waals surface area contributed by atoms with Crippen LogP contribution in [0.4, 0.5) is 11.4 Å². The maximum atomic E-state index is 13.0. The fourth-order valence-corrected chi connectivity index (χ4v) is 4.58. The number of methoxy groups -OCH3 is 1. The van der Waals surface area contributed by atoms with Crippen molar-refractivity contribution in [3.8, 4) is 5.75 Å².